The van der Waals surface area contributed by atoms with Crippen molar-refractivity contribution in [2.75, 3.05) is 5.73 Å². The van der Waals surface area contributed by atoms with Crippen LogP contribution in [-0.2, 0) is 4.79 Å². The van der Waals surface area contributed by atoms with Gasteiger partial charge < -0.3 is 10.8 Å². The monoisotopic (exact) mass is 273 g/mol. The third-order valence-electron chi connectivity index (χ3n) is 2.72. The number of rotatable bonds is 5. The molecule has 0 amide bonds. The Balaban J connectivity index is 2.24. The van der Waals surface area contributed by atoms with Gasteiger partial charge >= 0.3 is 5.97 Å². The minimum atomic E-state index is -0.809. The number of anilines is 1. The summed E-state index contributed by atoms with van der Waals surface area (Å²) >= 11 is 1.49. The minimum Gasteiger partial charge on any atom is -0.481 e. The van der Waals surface area contributed by atoms with Gasteiger partial charge in [0.25, 0.3) is 0 Å². The fourth-order valence-electron chi connectivity index (χ4n) is 1.79. The first kappa shape index (κ1) is 13.5. The first-order valence-corrected chi connectivity index (χ1v) is 6.82. The summed E-state index contributed by atoms with van der Waals surface area (Å²) in [5, 5.41) is 8.91. The van der Waals surface area contributed by atoms with Crippen LogP contribution in [0.15, 0.2) is 59.5 Å². The minimum absolute atomic E-state index is 0.0724. The van der Waals surface area contributed by atoms with Crippen LogP contribution in [0.25, 0.3) is 0 Å². The van der Waals surface area contributed by atoms with Gasteiger partial charge in [-0.05, 0) is 17.7 Å². The van der Waals surface area contributed by atoms with Crippen LogP contribution >= 0.6 is 11.8 Å². The molecule has 0 heterocycles. The molecule has 2 rings (SSSR count). The third-order valence-corrected chi connectivity index (χ3v) is 4.07. The molecule has 0 aliphatic rings. The number of carboxylic acid groups (broad SMARTS) is 1. The molecule has 0 fully saturated rings. The van der Waals surface area contributed by atoms with Gasteiger partial charge in [-0.3, -0.25) is 4.79 Å². The fraction of sp³-hybridized carbons (Fsp3) is 0.133. The Hall–Kier alpha value is -1.94. The number of hydrogen-bond acceptors (Lipinski definition) is 3. The lowest BCUT2D eigenvalue weighted by molar-refractivity contribution is -0.137. The summed E-state index contributed by atoms with van der Waals surface area (Å²) in [6.45, 7) is 0. The van der Waals surface area contributed by atoms with Crippen molar-refractivity contribution in [3.05, 3.63) is 60.2 Å². The average Bonchev–Trinajstić information content (AvgIpc) is 2.41. The number of nitrogen functional groups attached to an aromatic ring is 1. The van der Waals surface area contributed by atoms with Crippen LogP contribution in [0, 0.1) is 0 Å². The lowest BCUT2D eigenvalue weighted by atomic mass is 10.1. The quantitative estimate of drug-likeness (QED) is 0.645. The smallest absolute Gasteiger partial charge is 0.304 e. The highest BCUT2D eigenvalue weighted by atomic mass is 32.2. The maximum absolute atomic E-state index is 11.0. The van der Waals surface area contributed by atoms with E-state index in [0.29, 0.717) is 5.69 Å². The fourth-order valence-corrected chi connectivity index (χ4v) is 2.98. The van der Waals surface area contributed by atoms with E-state index < -0.39 is 5.97 Å². The zero-order valence-electron chi connectivity index (χ0n) is 10.3. The number of carboxylic acids is 1. The van der Waals surface area contributed by atoms with Gasteiger partial charge in [0.15, 0.2) is 0 Å². The van der Waals surface area contributed by atoms with Gasteiger partial charge in [0.05, 0.1) is 6.42 Å². The van der Waals surface area contributed by atoms with Crippen molar-refractivity contribution in [2.24, 2.45) is 0 Å². The van der Waals surface area contributed by atoms with Crippen molar-refractivity contribution in [1.82, 2.24) is 0 Å². The summed E-state index contributed by atoms with van der Waals surface area (Å²) in [6.07, 6.45) is 0.0724. The zero-order chi connectivity index (χ0) is 13.7. The maximum atomic E-state index is 11.0. The van der Waals surface area contributed by atoms with Crippen LogP contribution in [0.2, 0.25) is 0 Å². The summed E-state index contributed by atoms with van der Waals surface area (Å²) in [6, 6.07) is 17.2. The predicted octanol–water partition coefficient (Wildman–Crippen LogP) is 3.58. The average molecular weight is 273 g/mol. The molecule has 0 aliphatic carbocycles. The molecule has 98 valence electrons. The van der Waals surface area contributed by atoms with E-state index in [1.165, 1.54) is 11.8 Å². The molecule has 3 nitrogen and oxygen atoms in total. The summed E-state index contributed by atoms with van der Waals surface area (Å²) in [5.74, 6) is -0.809. The molecule has 0 aromatic heterocycles. The van der Waals surface area contributed by atoms with Crippen molar-refractivity contribution in [3.8, 4) is 0 Å². The lowest BCUT2D eigenvalue weighted by Gasteiger charge is -2.16. The van der Waals surface area contributed by atoms with Crippen LogP contribution in [0.3, 0.4) is 0 Å². The van der Waals surface area contributed by atoms with Gasteiger partial charge in [0, 0.05) is 15.8 Å². The molecule has 0 bridgehead atoms. The zero-order valence-corrected chi connectivity index (χ0v) is 11.1. The van der Waals surface area contributed by atoms with Crippen LogP contribution in [0.5, 0.6) is 0 Å². The van der Waals surface area contributed by atoms with Crippen molar-refractivity contribution >= 4 is 23.4 Å². The molecule has 0 unspecified atom stereocenters. The largest absolute Gasteiger partial charge is 0.481 e. The lowest BCUT2D eigenvalue weighted by Crippen LogP contribution is -2.03. The summed E-state index contributed by atoms with van der Waals surface area (Å²) in [4.78, 5) is 11.9. The Kier molecular flexibility index (Phi) is 4.47. The summed E-state index contributed by atoms with van der Waals surface area (Å²) in [5.41, 5.74) is 7.59. The predicted molar refractivity (Wildman–Crippen MR) is 78.1 cm³/mol. The van der Waals surface area contributed by atoms with E-state index >= 15 is 0 Å². The van der Waals surface area contributed by atoms with E-state index in [4.69, 9.17) is 10.8 Å². The van der Waals surface area contributed by atoms with Gasteiger partial charge in [0.1, 0.15) is 0 Å². The SMILES string of the molecule is Nc1ccccc1S[C@H](CC(=O)O)c1ccccc1. The Morgan fingerprint density at radius 1 is 1.11 bits per heavy atom. The van der Waals surface area contributed by atoms with Crippen LogP contribution in [-0.4, -0.2) is 11.1 Å². The second-order valence-electron chi connectivity index (χ2n) is 4.15. The number of nitrogens with two attached hydrogens (primary N) is 1. The Bertz CT molecular complexity index is 557. The Morgan fingerprint density at radius 2 is 1.74 bits per heavy atom. The van der Waals surface area contributed by atoms with E-state index in [-0.39, 0.29) is 11.7 Å². The molecule has 0 saturated carbocycles. The normalized spacial score (nSPS) is 12.0. The Labute approximate surface area is 116 Å². The highest BCUT2D eigenvalue weighted by Gasteiger charge is 2.17. The standard InChI is InChI=1S/C15H15NO2S/c16-12-8-4-5-9-13(12)19-14(10-15(17)18)11-6-2-1-3-7-11/h1-9,14H,10,16H2,(H,17,18)/t14-/m1/s1. The van der Waals surface area contributed by atoms with Crippen molar-refractivity contribution in [3.63, 3.8) is 0 Å². The second-order valence-corrected chi connectivity index (χ2v) is 5.40. The molecule has 2 aromatic carbocycles. The molecule has 2 aromatic rings. The highest BCUT2D eigenvalue weighted by Crippen LogP contribution is 2.39. The third kappa shape index (κ3) is 3.76. The van der Waals surface area contributed by atoms with Gasteiger partial charge in [-0.2, -0.15) is 0 Å². The number of carbonyl (C=O) groups is 1. The van der Waals surface area contributed by atoms with Crippen molar-refractivity contribution < 1.29 is 9.90 Å². The van der Waals surface area contributed by atoms with Gasteiger partial charge in [-0.25, -0.2) is 0 Å². The molecule has 0 radical (unpaired) electrons. The molecular weight excluding hydrogens is 258 g/mol. The molecule has 4 heteroatoms. The molecular formula is C15H15NO2S. The van der Waals surface area contributed by atoms with E-state index in [0.717, 1.165) is 10.5 Å². The van der Waals surface area contributed by atoms with Crippen molar-refractivity contribution in [2.45, 2.75) is 16.6 Å². The molecule has 0 aliphatic heterocycles. The van der Waals surface area contributed by atoms with E-state index in [2.05, 4.69) is 0 Å². The van der Waals surface area contributed by atoms with E-state index in [9.17, 15) is 4.79 Å². The van der Waals surface area contributed by atoms with Crippen LogP contribution in [0.1, 0.15) is 17.2 Å². The highest BCUT2D eigenvalue weighted by molar-refractivity contribution is 7.99. The second kappa shape index (κ2) is 6.29. The van der Waals surface area contributed by atoms with Gasteiger partial charge in [-0.1, -0.05) is 42.5 Å². The molecule has 1 atom stereocenters. The van der Waals surface area contributed by atoms with Gasteiger partial charge in [0.2, 0.25) is 0 Å². The number of thioether (sulfide) groups is 1. The Morgan fingerprint density at radius 3 is 2.37 bits per heavy atom. The maximum Gasteiger partial charge on any atom is 0.304 e. The van der Waals surface area contributed by atoms with E-state index in [1.807, 2.05) is 54.6 Å². The van der Waals surface area contributed by atoms with Crippen LogP contribution in [0.4, 0.5) is 5.69 Å². The first-order chi connectivity index (χ1) is 9.16. The summed E-state index contributed by atoms with van der Waals surface area (Å²) in [7, 11) is 0. The molecule has 0 spiro atoms. The topological polar surface area (TPSA) is 63.3 Å². The van der Waals surface area contributed by atoms with E-state index in [1.54, 1.807) is 0 Å². The summed E-state index contributed by atoms with van der Waals surface area (Å²) < 4.78 is 0. The number of aliphatic carboxylic acids is 1. The number of para-hydroxylation sites is 1. The van der Waals surface area contributed by atoms with Gasteiger partial charge in [-0.15, -0.1) is 11.8 Å². The first-order valence-electron chi connectivity index (χ1n) is 5.94. The molecule has 3 N–H and O–H groups in total. The molecule has 0 saturated heterocycles. The van der Waals surface area contributed by atoms with Crippen LogP contribution < -0.4 is 5.73 Å². The number of benzene rings is 2. The number of hydrogen-bond donors (Lipinski definition) is 2. The van der Waals surface area contributed by atoms with Crippen molar-refractivity contribution in [1.29, 1.82) is 0 Å². The molecule has 19 heavy (non-hydrogen) atoms.